The third-order valence-electron chi connectivity index (χ3n) is 5.57. The first-order valence-electron chi connectivity index (χ1n) is 10.3. The largest absolute Gasteiger partial charge is 0.489 e. The van der Waals surface area contributed by atoms with Gasteiger partial charge in [-0.15, -0.1) is 0 Å². The molecule has 30 heavy (non-hydrogen) atoms. The van der Waals surface area contributed by atoms with E-state index >= 15 is 0 Å². The average Bonchev–Trinajstić information content (AvgIpc) is 3.15. The van der Waals surface area contributed by atoms with Crippen LogP contribution >= 0.6 is 0 Å². The molecule has 2 fully saturated rings. The summed E-state index contributed by atoms with van der Waals surface area (Å²) in [6.45, 7) is 4.45. The fourth-order valence-electron chi connectivity index (χ4n) is 3.97. The lowest BCUT2D eigenvalue weighted by Gasteiger charge is -2.38. The van der Waals surface area contributed by atoms with Gasteiger partial charge in [0.05, 0.1) is 19.6 Å². The number of ketones is 1. The molecule has 6 nitrogen and oxygen atoms in total. The van der Waals surface area contributed by atoms with Gasteiger partial charge in [0, 0.05) is 25.6 Å². The van der Waals surface area contributed by atoms with Crippen molar-refractivity contribution in [1.82, 2.24) is 9.97 Å². The minimum atomic E-state index is -2.65. The molecule has 3 heterocycles. The molecule has 0 radical (unpaired) electrons. The van der Waals surface area contributed by atoms with Gasteiger partial charge in [0.2, 0.25) is 5.95 Å². The molecule has 2 aliphatic rings. The van der Waals surface area contributed by atoms with E-state index in [1.165, 1.54) is 4.90 Å². The first-order valence-corrected chi connectivity index (χ1v) is 10.3. The number of anilines is 2. The second-order valence-electron chi connectivity index (χ2n) is 8.28. The van der Waals surface area contributed by atoms with Crippen molar-refractivity contribution in [3.05, 3.63) is 42.1 Å². The molecule has 0 N–H and O–H groups in total. The summed E-state index contributed by atoms with van der Waals surface area (Å²) in [5, 5.41) is 0. The average molecular weight is 416 g/mol. The Morgan fingerprint density at radius 3 is 2.63 bits per heavy atom. The second kappa shape index (κ2) is 8.16. The van der Waals surface area contributed by atoms with Gasteiger partial charge in [0.1, 0.15) is 23.5 Å². The lowest BCUT2D eigenvalue weighted by Crippen LogP contribution is -2.57. The van der Waals surface area contributed by atoms with Crippen LogP contribution in [0.3, 0.4) is 0 Å². The van der Waals surface area contributed by atoms with Crippen LogP contribution in [0.1, 0.15) is 38.2 Å². The first kappa shape index (κ1) is 20.5. The number of hydrogen-bond donors (Lipinski definition) is 0. The maximum atomic E-state index is 13.1. The minimum absolute atomic E-state index is 0.0252. The van der Waals surface area contributed by atoms with Gasteiger partial charge < -0.3 is 19.3 Å². The molecule has 1 aromatic carbocycles. The quantitative estimate of drug-likeness (QED) is 0.687. The molecule has 4 rings (SSSR count). The highest BCUT2D eigenvalue weighted by molar-refractivity contribution is 5.76. The van der Waals surface area contributed by atoms with E-state index in [1.54, 1.807) is 19.2 Å². The first-order chi connectivity index (χ1) is 14.3. The molecule has 1 aromatic heterocycles. The molecule has 2 aromatic rings. The van der Waals surface area contributed by atoms with E-state index in [9.17, 15) is 13.6 Å². The Hall–Kier alpha value is -2.77. The van der Waals surface area contributed by atoms with E-state index < -0.39 is 5.92 Å². The van der Waals surface area contributed by atoms with E-state index in [0.717, 1.165) is 30.1 Å². The molecule has 160 valence electrons. The van der Waals surface area contributed by atoms with Crippen LogP contribution in [0.5, 0.6) is 5.75 Å². The topological polar surface area (TPSA) is 58.6 Å². The zero-order chi connectivity index (χ0) is 21.3. The zero-order valence-electron chi connectivity index (χ0n) is 17.2. The van der Waals surface area contributed by atoms with Crippen molar-refractivity contribution in [2.75, 3.05) is 36.0 Å². The van der Waals surface area contributed by atoms with Crippen molar-refractivity contribution in [3.8, 4) is 5.75 Å². The predicted molar refractivity (Wildman–Crippen MR) is 111 cm³/mol. The van der Waals surface area contributed by atoms with Crippen LogP contribution in [-0.4, -0.2) is 54.0 Å². The molecular formula is C22H26F2N4O2. The van der Waals surface area contributed by atoms with Gasteiger partial charge in [-0.25, -0.2) is 13.8 Å². The predicted octanol–water partition coefficient (Wildman–Crippen LogP) is 3.67. The summed E-state index contributed by atoms with van der Waals surface area (Å²) in [5.41, 5.74) is 1.12. The summed E-state index contributed by atoms with van der Waals surface area (Å²) in [4.78, 5) is 23.5. The molecule has 0 spiro atoms. The van der Waals surface area contributed by atoms with Crippen LogP contribution < -0.4 is 14.5 Å². The summed E-state index contributed by atoms with van der Waals surface area (Å²) < 4.78 is 32.4. The molecule has 2 aliphatic heterocycles. The number of carbonyl (C=O) groups excluding carboxylic acids is 1. The number of Topliss-reactive ketones (excluding diaryl/α,β-unsaturated/α-hetero) is 1. The van der Waals surface area contributed by atoms with E-state index in [1.807, 2.05) is 31.2 Å². The third kappa shape index (κ3) is 4.68. The SMILES string of the molecule is CC(=O)C[C@@H](C)c1ccc(O[C@@H]2CCN(c3ccnc(N4CC(F)(F)C4)n3)C2)cc1. The highest BCUT2D eigenvalue weighted by Gasteiger charge is 2.45. The lowest BCUT2D eigenvalue weighted by atomic mass is 9.96. The lowest BCUT2D eigenvalue weighted by molar-refractivity contribution is -0.117. The summed E-state index contributed by atoms with van der Waals surface area (Å²) >= 11 is 0. The molecule has 0 amide bonds. The molecule has 2 saturated heterocycles. The van der Waals surface area contributed by atoms with Gasteiger partial charge in [0.25, 0.3) is 5.92 Å². The van der Waals surface area contributed by atoms with Crippen LogP contribution in [0.15, 0.2) is 36.5 Å². The van der Waals surface area contributed by atoms with Gasteiger partial charge in [-0.1, -0.05) is 19.1 Å². The summed E-state index contributed by atoms with van der Waals surface area (Å²) in [6, 6.07) is 9.71. The molecule has 2 atom stereocenters. The molecule has 0 aliphatic carbocycles. The number of benzene rings is 1. The zero-order valence-corrected chi connectivity index (χ0v) is 17.2. The fourth-order valence-corrected chi connectivity index (χ4v) is 3.97. The van der Waals surface area contributed by atoms with E-state index in [4.69, 9.17) is 4.74 Å². The van der Waals surface area contributed by atoms with E-state index in [2.05, 4.69) is 14.9 Å². The number of aromatic nitrogens is 2. The Balaban J connectivity index is 1.33. The highest BCUT2D eigenvalue weighted by atomic mass is 19.3. The Morgan fingerprint density at radius 2 is 1.97 bits per heavy atom. The van der Waals surface area contributed by atoms with Gasteiger partial charge in [-0.2, -0.15) is 4.98 Å². The van der Waals surface area contributed by atoms with Crippen LogP contribution in [0, 0.1) is 0 Å². The number of carbonyl (C=O) groups is 1. The van der Waals surface area contributed by atoms with E-state index in [-0.39, 0.29) is 30.9 Å². The summed E-state index contributed by atoms with van der Waals surface area (Å²) in [6.07, 6.45) is 3.03. The number of rotatable bonds is 7. The minimum Gasteiger partial charge on any atom is -0.489 e. The third-order valence-corrected chi connectivity index (χ3v) is 5.57. The smallest absolute Gasteiger partial charge is 0.282 e. The normalized spacial score (nSPS) is 21.3. The number of alkyl halides is 2. The number of halogens is 2. The Morgan fingerprint density at radius 1 is 1.23 bits per heavy atom. The summed E-state index contributed by atoms with van der Waals surface area (Å²) in [5.74, 6) is -0.397. The van der Waals surface area contributed by atoms with Gasteiger partial charge >= 0.3 is 0 Å². The monoisotopic (exact) mass is 416 g/mol. The van der Waals surface area contributed by atoms with Crippen molar-refractivity contribution in [2.24, 2.45) is 0 Å². The Kier molecular flexibility index (Phi) is 5.58. The van der Waals surface area contributed by atoms with Crippen LogP contribution in [0.25, 0.3) is 0 Å². The van der Waals surface area contributed by atoms with Crippen molar-refractivity contribution in [1.29, 1.82) is 0 Å². The molecule has 0 bridgehead atoms. The van der Waals surface area contributed by atoms with Crippen molar-refractivity contribution in [3.63, 3.8) is 0 Å². The van der Waals surface area contributed by atoms with Crippen LogP contribution in [0.2, 0.25) is 0 Å². The number of ether oxygens (including phenoxy) is 1. The number of hydrogen-bond acceptors (Lipinski definition) is 6. The maximum absolute atomic E-state index is 13.1. The molecule has 0 unspecified atom stereocenters. The number of nitrogens with zero attached hydrogens (tertiary/aromatic N) is 4. The maximum Gasteiger partial charge on any atom is 0.282 e. The van der Waals surface area contributed by atoms with Crippen LogP contribution in [0.4, 0.5) is 20.5 Å². The van der Waals surface area contributed by atoms with E-state index in [0.29, 0.717) is 18.9 Å². The van der Waals surface area contributed by atoms with Crippen LogP contribution in [-0.2, 0) is 4.79 Å². The standard InChI is InChI=1S/C22H26F2N4O2/c1-15(11-16(2)29)17-3-5-18(6-4-17)30-19-8-10-27(12-19)20-7-9-25-21(26-20)28-13-22(23,24)14-28/h3-7,9,15,19H,8,10-14H2,1-2H3/t15-,19-/m1/s1. The highest BCUT2D eigenvalue weighted by Crippen LogP contribution is 2.31. The van der Waals surface area contributed by atoms with Crippen molar-refractivity contribution < 1.29 is 18.3 Å². The molecular weight excluding hydrogens is 390 g/mol. The van der Waals surface area contributed by atoms with Gasteiger partial charge in [-0.3, -0.25) is 0 Å². The summed E-state index contributed by atoms with van der Waals surface area (Å²) in [7, 11) is 0. The Labute approximate surface area is 174 Å². The fraction of sp³-hybridized carbons (Fsp3) is 0.500. The van der Waals surface area contributed by atoms with Gasteiger partial charge in [0.15, 0.2) is 0 Å². The van der Waals surface area contributed by atoms with Gasteiger partial charge in [-0.05, 0) is 36.6 Å². The molecule has 0 saturated carbocycles. The Bertz CT molecular complexity index is 898. The second-order valence-corrected chi connectivity index (χ2v) is 8.28. The van der Waals surface area contributed by atoms with Crippen molar-refractivity contribution in [2.45, 2.75) is 44.6 Å². The van der Waals surface area contributed by atoms with Crippen molar-refractivity contribution >= 4 is 17.5 Å². The molecule has 8 heteroatoms.